The van der Waals surface area contributed by atoms with Gasteiger partial charge < -0.3 is 4.74 Å². The van der Waals surface area contributed by atoms with Crippen molar-refractivity contribution >= 4 is 41.9 Å². The SMILES string of the molecule is CCC(C)c1ccc(OC(=O)N(CC)C(S)C(Cl)C(C)Cl)cc1. The molecule has 130 valence electrons. The number of hydrogen-bond donors (Lipinski definition) is 1. The van der Waals surface area contributed by atoms with Gasteiger partial charge in [-0.15, -0.1) is 23.2 Å². The van der Waals surface area contributed by atoms with Crippen LogP contribution in [0.4, 0.5) is 4.79 Å². The van der Waals surface area contributed by atoms with Crippen LogP contribution in [0.1, 0.15) is 45.6 Å². The molecule has 1 rings (SSSR count). The molecule has 0 radical (unpaired) electrons. The molecule has 0 spiro atoms. The van der Waals surface area contributed by atoms with E-state index in [0.717, 1.165) is 6.42 Å². The lowest BCUT2D eigenvalue weighted by Crippen LogP contribution is -2.45. The van der Waals surface area contributed by atoms with Crippen molar-refractivity contribution in [3.63, 3.8) is 0 Å². The van der Waals surface area contributed by atoms with Gasteiger partial charge in [0, 0.05) is 11.9 Å². The molecule has 0 aromatic heterocycles. The summed E-state index contributed by atoms with van der Waals surface area (Å²) in [5.74, 6) is 0.988. The first kappa shape index (κ1) is 20.5. The third-order valence-electron chi connectivity index (χ3n) is 3.88. The van der Waals surface area contributed by atoms with Crippen LogP contribution in [0.5, 0.6) is 5.75 Å². The third kappa shape index (κ3) is 5.77. The Hall–Kier alpha value is -0.580. The van der Waals surface area contributed by atoms with E-state index in [1.165, 1.54) is 10.5 Å². The standard InChI is InChI=1S/C17H25Cl2NO2S/c1-5-11(3)13-7-9-14(10-8-13)22-17(21)20(6-2)16(23)15(19)12(4)18/h7-12,15-16,23H,5-6H2,1-4H3. The minimum absolute atomic E-state index is 0.309. The fourth-order valence-corrected chi connectivity index (χ4v) is 2.98. The molecule has 3 nitrogen and oxygen atoms in total. The molecule has 0 aliphatic carbocycles. The topological polar surface area (TPSA) is 29.5 Å². The van der Waals surface area contributed by atoms with E-state index in [9.17, 15) is 4.79 Å². The molecule has 0 saturated carbocycles. The van der Waals surface area contributed by atoms with Crippen LogP contribution in [-0.2, 0) is 0 Å². The van der Waals surface area contributed by atoms with Crippen molar-refractivity contribution in [3.8, 4) is 5.75 Å². The van der Waals surface area contributed by atoms with E-state index in [2.05, 4.69) is 26.5 Å². The second-order valence-electron chi connectivity index (χ2n) is 5.57. The van der Waals surface area contributed by atoms with Crippen molar-refractivity contribution in [2.24, 2.45) is 0 Å². The highest BCUT2D eigenvalue weighted by atomic mass is 35.5. The summed E-state index contributed by atoms with van der Waals surface area (Å²) >= 11 is 16.6. The summed E-state index contributed by atoms with van der Waals surface area (Å²) in [6, 6.07) is 7.58. The van der Waals surface area contributed by atoms with Crippen LogP contribution in [0.2, 0.25) is 0 Å². The number of nitrogens with zero attached hydrogens (tertiary/aromatic N) is 1. The number of carbonyl (C=O) groups is 1. The van der Waals surface area contributed by atoms with Crippen LogP contribution >= 0.6 is 35.8 Å². The van der Waals surface area contributed by atoms with Gasteiger partial charge >= 0.3 is 6.09 Å². The van der Waals surface area contributed by atoms with Crippen molar-refractivity contribution in [1.82, 2.24) is 4.90 Å². The number of alkyl halides is 2. The second-order valence-corrected chi connectivity index (χ2v) is 7.29. The van der Waals surface area contributed by atoms with Gasteiger partial charge in [-0.1, -0.05) is 26.0 Å². The fraction of sp³-hybridized carbons (Fsp3) is 0.588. The summed E-state index contributed by atoms with van der Waals surface area (Å²) in [6.07, 6.45) is 0.587. The maximum Gasteiger partial charge on any atom is 0.416 e. The normalized spacial score (nSPS) is 16.3. The molecule has 6 heteroatoms. The molecule has 0 N–H and O–H groups in total. The molecule has 23 heavy (non-hydrogen) atoms. The molecule has 0 fully saturated rings. The van der Waals surface area contributed by atoms with Crippen LogP contribution < -0.4 is 4.74 Å². The van der Waals surface area contributed by atoms with Gasteiger partial charge in [0.1, 0.15) is 5.75 Å². The van der Waals surface area contributed by atoms with E-state index in [0.29, 0.717) is 18.2 Å². The molecule has 4 unspecified atom stereocenters. The predicted molar refractivity (Wildman–Crippen MR) is 101 cm³/mol. The molecule has 0 aliphatic heterocycles. The Bertz CT molecular complexity index is 496. The minimum Gasteiger partial charge on any atom is -0.410 e. The summed E-state index contributed by atoms with van der Waals surface area (Å²) in [7, 11) is 0. The molecule has 0 heterocycles. The highest BCUT2D eigenvalue weighted by Crippen LogP contribution is 2.24. The zero-order chi connectivity index (χ0) is 17.6. The van der Waals surface area contributed by atoms with Crippen molar-refractivity contribution in [2.75, 3.05) is 6.54 Å². The highest BCUT2D eigenvalue weighted by Gasteiger charge is 2.30. The number of benzene rings is 1. The minimum atomic E-state index is -0.513. The van der Waals surface area contributed by atoms with Crippen molar-refractivity contribution in [2.45, 2.75) is 56.2 Å². The molecule has 4 atom stereocenters. The average molecular weight is 378 g/mol. The van der Waals surface area contributed by atoms with E-state index in [-0.39, 0.29) is 5.38 Å². The van der Waals surface area contributed by atoms with Crippen LogP contribution in [0, 0.1) is 0 Å². The number of rotatable bonds is 7. The van der Waals surface area contributed by atoms with Crippen LogP contribution in [0.15, 0.2) is 24.3 Å². The number of ether oxygens (including phenoxy) is 1. The molecule has 1 amide bonds. The lowest BCUT2D eigenvalue weighted by atomic mass is 9.99. The summed E-state index contributed by atoms with van der Waals surface area (Å²) in [5.41, 5.74) is 1.23. The lowest BCUT2D eigenvalue weighted by Gasteiger charge is -2.30. The molecule has 0 saturated heterocycles. The highest BCUT2D eigenvalue weighted by molar-refractivity contribution is 7.81. The van der Waals surface area contributed by atoms with Gasteiger partial charge in [0.05, 0.1) is 10.8 Å². The summed E-state index contributed by atoms with van der Waals surface area (Å²) in [5, 5.41) is -1.29. The summed E-state index contributed by atoms with van der Waals surface area (Å²) in [6.45, 7) is 8.36. The predicted octanol–water partition coefficient (Wildman–Crippen LogP) is 5.51. The van der Waals surface area contributed by atoms with Crippen molar-refractivity contribution in [3.05, 3.63) is 29.8 Å². The van der Waals surface area contributed by atoms with Crippen molar-refractivity contribution in [1.29, 1.82) is 0 Å². The van der Waals surface area contributed by atoms with Gasteiger partial charge in [-0.3, -0.25) is 4.90 Å². The van der Waals surface area contributed by atoms with Crippen LogP contribution in [0.3, 0.4) is 0 Å². The molecule has 1 aromatic rings. The van der Waals surface area contributed by atoms with Gasteiger partial charge in [0.2, 0.25) is 0 Å². The number of thiol groups is 1. The number of hydrogen-bond acceptors (Lipinski definition) is 3. The van der Waals surface area contributed by atoms with Crippen molar-refractivity contribution < 1.29 is 9.53 Å². The number of amides is 1. The Labute approximate surface area is 154 Å². The van der Waals surface area contributed by atoms with Gasteiger partial charge in [-0.05, 0) is 43.9 Å². The van der Waals surface area contributed by atoms with Gasteiger partial charge in [0.25, 0.3) is 0 Å². The van der Waals surface area contributed by atoms with Gasteiger partial charge in [-0.25, -0.2) is 4.79 Å². The molecule has 0 aliphatic rings. The number of carbonyl (C=O) groups excluding carboxylic acids is 1. The zero-order valence-electron chi connectivity index (χ0n) is 14.0. The maximum absolute atomic E-state index is 12.3. The molecule has 1 aromatic carbocycles. The van der Waals surface area contributed by atoms with E-state index >= 15 is 0 Å². The van der Waals surface area contributed by atoms with Gasteiger partial charge in [-0.2, -0.15) is 12.6 Å². The first-order valence-corrected chi connectivity index (χ1v) is 9.25. The first-order chi connectivity index (χ1) is 10.8. The molecule has 0 bridgehead atoms. The molecular formula is C17H25Cl2NO2S. The smallest absolute Gasteiger partial charge is 0.410 e. The van der Waals surface area contributed by atoms with E-state index in [1.54, 1.807) is 6.92 Å². The largest absolute Gasteiger partial charge is 0.416 e. The average Bonchev–Trinajstić information content (AvgIpc) is 2.54. The van der Waals surface area contributed by atoms with Crippen LogP contribution in [0.25, 0.3) is 0 Å². The number of halogens is 2. The zero-order valence-corrected chi connectivity index (χ0v) is 16.4. The Morgan fingerprint density at radius 3 is 2.22 bits per heavy atom. The fourth-order valence-electron chi connectivity index (χ4n) is 2.09. The monoisotopic (exact) mass is 377 g/mol. The van der Waals surface area contributed by atoms with E-state index in [1.807, 2.05) is 31.2 Å². The van der Waals surface area contributed by atoms with E-state index < -0.39 is 16.8 Å². The second kappa shape index (κ2) is 9.65. The maximum atomic E-state index is 12.3. The lowest BCUT2D eigenvalue weighted by molar-refractivity contribution is 0.149. The molecular weight excluding hydrogens is 353 g/mol. The Kier molecular flexibility index (Phi) is 8.59. The van der Waals surface area contributed by atoms with Gasteiger partial charge in [0.15, 0.2) is 0 Å². The summed E-state index contributed by atoms with van der Waals surface area (Å²) in [4.78, 5) is 13.8. The quantitative estimate of drug-likeness (QED) is 0.385. The first-order valence-electron chi connectivity index (χ1n) is 7.86. The van der Waals surface area contributed by atoms with E-state index in [4.69, 9.17) is 27.9 Å². The Morgan fingerprint density at radius 2 is 1.78 bits per heavy atom. The Balaban J connectivity index is 2.76. The summed E-state index contributed by atoms with van der Waals surface area (Å²) < 4.78 is 5.42. The Morgan fingerprint density at radius 1 is 1.22 bits per heavy atom. The third-order valence-corrected chi connectivity index (χ3v) is 5.68. The van der Waals surface area contributed by atoms with Crippen LogP contribution in [-0.4, -0.2) is 33.7 Å².